The first-order valence-corrected chi connectivity index (χ1v) is 11.6. The van der Waals surface area contributed by atoms with E-state index in [4.69, 9.17) is 4.74 Å². The Morgan fingerprint density at radius 3 is 2.39 bits per heavy atom. The lowest BCUT2D eigenvalue weighted by atomic mass is 10.0. The molecule has 0 amide bonds. The van der Waals surface area contributed by atoms with Gasteiger partial charge in [-0.25, -0.2) is 9.07 Å². The lowest BCUT2D eigenvalue weighted by molar-refractivity contribution is 0.0766. The Morgan fingerprint density at radius 2 is 1.70 bits per heavy atom. The van der Waals surface area contributed by atoms with Crippen molar-refractivity contribution in [2.75, 3.05) is 33.3 Å². The van der Waals surface area contributed by atoms with E-state index >= 15 is 0 Å². The third-order valence-corrected chi connectivity index (χ3v) is 6.23. The lowest BCUT2D eigenvalue weighted by Gasteiger charge is -2.39. The number of rotatable bonds is 9. The molecule has 2 aromatic carbocycles. The van der Waals surface area contributed by atoms with Crippen LogP contribution < -0.4 is 4.74 Å². The molecule has 176 valence electrons. The predicted molar refractivity (Wildman–Crippen MR) is 125 cm³/mol. The van der Waals surface area contributed by atoms with Crippen molar-refractivity contribution in [2.24, 2.45) is 5.92 Å². The fourth-order valence-corrected chi connectivity index (χ4v) is 4.50. The SMILES string of the molecule is COc1ccccc1CN1CCN([C@H](CC(C)C)c2nnnn2Cc2ccc(F)cc2)CC1. The molecule has 3 aromatic rings. The van der Waals surface area contributed by atoms with Gasteiger partial charge in [-0.3, -0.25) is 9.80 Å². The number of ether oxygens (including phenoxy) is 1. The number of tetrazole rings is 1. The summed E-state index contributed by atoms with van der Waals surface area (Å²) in [5.74, 6) is 2.10. The number of hydrogen-bond donors (Lipinski definition) is 0. The molecule has 0 aliphatic carbocycles. The van der Waals surface area contributed by atoms with Crippen LogP contribution in [0.15, 0.2) is 48.5 Å². The highest BCUT2D eigenvalue weighted by atomic mass is 19.1. The van der Waals surface area contributed by atoms with Gasteiger partial charge >= 0.3 is 0 Å². The molecular weight excluding hydrogens is 419 g/mol. The van der Waals surface area contributed by atoms with Crippen molar-refractivity contribution in [3.8, 4) is 5.75 Å². The number of para-hydroxylation sites is 1. The van der Waals surface area contributed by atoms with Crippen LogP contribution in [0.2, 0.25) is 0 Å². The molecule has 0 N–H and O–H groups in total. The second-order valence-corrected chi connectivity index (χ2v) is 9.09. The highest BCUT2D eigenvalue weighted by molar-refractivity contribution is 5.33. The molecule has 0 bridgehead atoms. The standard InChI is InChI=1S/C25H33FN6O/c1-19(2)16-23(25-27-28-29-32(25)17-20-8-10-22(26)11-9-20)31-14-12-30(13-15-31)18-21-6-4-5-7-24(21)33-3/h4-11,19,23H,12-18H2,1-3H3/t23-/m1/s1. The maximum Gasteiger partial charge on any atom is 0.168 e. The van der Waals surface area contributed by atoms with Crippen LogP contribution >= 0.6 is 0 Å². The molecule has 7 nitrogen and oxygen atoms in total. The topological polar surface area (TPSA) is 59.3 Å². The number of halogens is 1. The van der Waals surface area contributed by atoms with Gasteiger partial charge in [0.25, 0.3) is 0 Å². The summed E-state index contributed by atoms with van der Waals surface area (Å²) in [6.45, 7) is 9.75. The van der Waals surface area contributed by atoms with E-state index in [-0.39, 0.29) is 11.9 Å². The van der Waals surface area contributed by atoms with Crippen molar-refractivity contribution in [3.63, 3.8) is 0 Å². The average Bonchev–Trinajstić information content (AvgIpc) is 3.27. The van der Waals surface area contributed by atoms with E-state index in [1.54, 1.807) is 19.2 Å². The first-order chi connectivity index (χ1) is 16.0. The second-order valence-electron chi connectivity index (χ2n) is 9.09. The molecule has 2 heterocycles. The highest BCUT2D eigenvalue weighted by Gasteiger charge is 2.30. The zero-order chi connectivity index (χ0) is 23.2. The van der Waals surface area contributed by atoms with Gasteiger partial charge in [0, 0.05) is 38.3 Å². The number of benzene rings is 2. The van der Waals surface area contributed by atoms with Crippen LogP contribution in [0.3, 0.4) is 0 Å². The molecule has 1 saturated heterocycles. The van der Waals surface area contributed by atoms with Gasteiger partial charge in [0.05, 0.1) is 19.7 Å². The fourth-order valence-electron chi connectivity index (χ4n) is 4.50. The van der Waals surface area contributed by atoms with Crippen molar-refractivity contribution in [1.82, 2.24) is 30.0 Å². The van der Waals surface area contributed by atoms with Gasteiger partial charge in [0.15, 0.2) is 5.82 Å². The Bertz CT molecular complexity index is 1010. The molecule has 33 heavy (non-hydrogen) atoms. The Morgan fingerprint density at radius 1 is 0.970 bits per heavy atom. The Balaban J connectivity index is 1.45. The Labute approximate surface area is 195 Å². The molecular formula is C25H33FN6O. The van der Waals surface area contributed by atoms with Crippen molar-refractivity contribution < 1.29 is 9.13 Å². The van der Waals surface area contributed by atoms with E-state index in [0.29, 0.717) is 12.5 Å². The van der Waals surface area contributed by atoms with E-state index in [2.05, 4.69) is 51.3 Å². The summed E-state index contributed by atoms with van der Waals surface area (Å²) >= 11 is 0. The molecule has 0 radical (unpaired) electrons. The first kappa shape index (κ1) is 23.3. The minimum absolute atomic E-state index is 0.147. The molecule has 0 saturated carbocycles. The van der Waals surface area contributed by atoms with E-state index < -0.39 is 0 Å². The largest absolute Gasteiger partial charge is 0.496 e. The van der Waals surface area contributed by atoms with Gasteiger partial charge in [-0.2, -0.15) is 0 Å². The molecule has 1 fully saturated rings. The van der Waals surface area contributed by atoms with Gasteiger partial charge < -0.3 is 4.74 Å². The number of methoxy groups -OCH3 is 1. The first-order valence-electron chi connectivity index (χ1n) is 11.6. The lowest BCUT2D eigenvalue weighted by Crippen LogP contribution is -2.48. The monoisotopic (exact) mass is 452 g/mol. The molecule has 1 aliphatic heterocycles. The van der Waals surface area contributed by atoms with E-state index in [0.717, 1.165) is 56.3 Å². The fraction of sp³-hybridized carbons (Fsp3) is 0.480. The maximum atomic E-state index is 13.3. The number of nitrogens with zero attached hydrogens (tertiary/aromatic N) is 6. The predicted octanol–water partition coefficient (Wildman–Crippen LogP) is 3.77. The molecule has 8 heteroatoms. The smallest absolute Gasteiger partial charge is 0.168 e. The van der Waals surface area contributed by atoms with E-state index in [9.17, 15) is 4.39 Å². The highest BCUT2D eigenvalue weighted by Crippen LogP contribution is 2.28. The Hall–Kier alpha value is -2.84. The van der Waals surface area contributed by atoms with Crippen LogP contribution in [-0.4, -0.2) is 63.3 Å². The molecule has 0 spiro atoms. The average molecular weight is 453 g/mol. The van der Waals surface area contributed by atoms with Crippen LogP contribution in [0.1, 0.15) is 43.3 Å². The molecule has 1 atom stereocenters. The van der Waals surface area contributed by atoms with Gasteiger partial charge in [0.2, 0.25) is 0 Å². The minimum Gasteiger partial charge on any atom is -0.496 e. The van der Waals surface area contributed by atoms with Gasteiger partial charge in [-0.15, -0.1) is 5.10 Å². The summed E-state index contributed by atoms with van der Waals surface area (Å²) in [5, 5.41) is 12.7. The van der Waals surface area contributed by atoms with E-state index in [1.807, 2.05) is 16.8 Å². The summed E-state index contributed by atoms with van der Waals surface area (Å²) < 4.78 is 20.7. The van der Waals surface area contributed by atoms with Crippen LogP contribution in [0.25, 0.3) is 0 Å². The normalized spacial score (nSPS) is 16.3. The zero-order valence-electron chi connectivity index (χ0n) is 19.7. The second kappa shape index (κ2) is 10.9. The molecule has 1 aliphatic rings. The summed E-state index contributed by atoms with van der Waals surface area (Å²) in [7, 11) is 1.73. The van der Waals surface area contributed by atoms with Crippen LogP contribution in [0, 0.1) is 11.7 Å². The Kier molecular flexibility index (Phi) is 7.67. The maximum absolute atomic E-state index is 13.3. The molecule has 4 rings (SSSR count). The number of piperazine rings is 1. The third kappa shape index (κ3) is 5.94. The quantitative estimate of drug-likeness (QED) is 0.493. The summed E-state index contributed by atoms with van der Waals surface area (Å²) in [4.78, 5) is 4.98. The zero-order valence-corrected chi connectivity index (χ0v) is 19.7. The van der Waals surface area contributed by atoms with Crippen LogP contribution in [0.4, 0.5) is 4.39 Å². The summed E-state index contributed by atoms with van der Waals surface area (Å²) in [6, 6.07) is 14.9. The number of aromatic nitrogens is 4. The van der Waals surface area contributed by atoms with Crippen LogP contribution in [-0.2, 0) is 13.1 Å². The van der Waals surface area contributed by atoms with Crippen molar-refractivity contribution in [3.05, 3.63) is 71.3 Å². The van der Waals surface area contributed by atoms with Gasteiger partial charge in [0.1, 0.15) is 11.6 Å². The number of hydrogen-bond acceptors (Lipinski definition) is 6. The van der Waals surface area contributed by atoms with Gasteiger partial charge in [-0.1, -0.05) is 44.2 Å². The molecule has 1 aromatic heterocycles. The van der Waals surface area contributed by atoms with E-state index in [1.165, 1.54) is 17.7 Å². The van der Waals surface area contributed by atoms with Crippen molar-refractivity contribution in [1.29, 1.82) is 0 Å². The van der Waals surface area contributed by atoms with Crippen LogP contribution in [0.5, 0.6) is 5.75 Å². The minimum atomic E-state index is -0.237. The van der Waals surface area contributed by atoms with Gasteiger partial charge in [-0.05, 0) is 46.5 Å². The third-order valence-electron chi connectivity index (χ3n) is 6.23. The van der Waals surface area contributed by atoms with Crippen molar-refractivity contribution >= 4 is 0 Å². The molecule has 0 unspecified atom stereocenters. The summed E-state index contributed by atoms with van der Waals surface area (Å²) in [6.07, 6.45) is 0.982. The van der Waals surface area contributed by atoms with Crippen molar-refractivity contribution in [2.45, 2.75) is 39.4 Å². The summed E-state index contributed by atoms with van der Waals surface area (Å²) in [5.41, 5.74) is 2.20.